The van der Waals surface area contributed by atoms with Crippen LogP contribution in [-0.2, 0) is 15.1 Å². The molecule has 1 unspecified atom stereocenters. The summed E-state index contributed by atoms with van der Waals surface area (Å²) in [4.78, 5) is 11.3. The van der Waals surface area contributed by atoms with Gasteiger partial charge in [0.05, 0.1) is 6.61 Å². The lowest BCUT2D eigenvalue weighted by atomic mass is 9.87. The van der Waals surface area contributed by atoms with Crippen LogP contribution in [0.1, 0.15) is 30.5 Å². The van der Waals surface area contributed by atoms with Gasteiger partial charge < -0.3 is 9.84 Å². The van der Waals surface area contributed by atoms with Gasteiger partial charge in [-0.25, -0.2) is 4.79 Å². The van der Waals surface area contributed by atoms with Gasteiger partial charge in [0, 0.05) is 0 Å². The second kappa shape index (κ2) is 5.25. The summed E-state index contributed by atoms with van der Waals surface area (Å²) in [7, 11) is 0. The standard InChI is InChI=1S/C14H18F2O3/c1-5-19-12(17)14(15,16)13(4,18)11-7-9(2)6-10(3)8-11/h6-8,18H,5H2,1-4H3. The number of carbonyl (C=O) groups is 1. The molecule has 1 atom stereocenters. The van der Waals surface area contributed by atoms with E-state index >= 15 is 0 Å². The molecule has 0 aliphatic heterocycles. The average molecular weight is 272 g/mol. The Morgan fingerprint density at radius 2 is 1.74 bits per heavy atom. The zero-order valence-corrected chi connectivity index (χ0v) is 11.5. The van der Waals surface area contributed by atoms with Crippen molar-refractivity contribution in [2.24, 2.45) is 0 Å². The molecule has 3 nitrogen and oxygen atoms in total. The number of ether oxygens (including phenoxy) is 1. The van der Waals surface area contributed by atoms with E-state index in [9.17, 15) is 18.7 Å². The molecule has 0 heterocycles. The normalized spacial score (nSPS) is 14.9. The topological polar surface area (TPSA) is 46.5 Å². The van der Waals surface area contributed by atoms with Crippen LogP contribution in [0, 0.1) is 13.8 Å². The first kappa shape index (κ1) is 15.6. The molecule has 0 fully saturated rings. The van der Waals surface area contributed by atoms with Gasteiger partial charge in [0.15, 0.2) is 5.60 Å². The summed E-state index contributed by atoms with van der Waals surface area (Å²) in [5, 5.41) is 10.1. The van der Waals surface area contributed by atoms with Gasteiger partial charge >= 0.3 is 11.9 Å². The first-order valence-electron chi connectivity index (χ1n) is 5.99. The predicted molar refractivity (Wildman–Crippen MR) is 67.1 cm³/mol. The first-order valence-corrected chi connectivity index (χ1v) is 5.99. The third-order valence-electron chi connectivity index (χ3n) is 2.93. The minimum Gasteiger partial charge on any atom is -0.461 e. The van der Waals surface area contributed by atoms with E-state index in [0.29, 0.717) is 0 Å². The van der Waals surface area contributed by atoms with Gasteiger partial charge in [0.2, 0.25) is 0 Å². The minimum atomic E-state index is -4.01. The van der Waals surface area contributed by atoms with Crippen molar-refractivity contribution in [1.29, 1.82) is 0 Å². The predicted octanol–water partition coefficient (Wildman–Crippen LogP) is 2.71. The Kier molecular flexibility index (Phi) is 4.30. The van der Waals surface area contributed by atoms with Crippen molar-refractivity contribution in [3.8, 4) is 0 Å². The number of carbonyl (C=O) groups excluding carboxylic acids is 1. The van der Waals surface area contributed by atoms with E-state index in [2.05, 4.69) is 4.74 Å². The maximum atomic E-state index is 14.0. The zero-order valence-electron chi connectivity index (χ0n) is 11.5. The van der Waals surface area contributed by atoms with E-state index in [1.807, 2.05) is 0 Å². The third kappa shape index (κ3) is 2.92. The van der Waals surface area contributed by atoms with Crippen LogP contribution >= 0.6 is 0 Å². The van der Waals surface area contributed by atoms with Crippen molar-refractivity contribution >= 4 is 5.97 Å². The molecule has 0 saturated heterocycles. The highest BCUT2D eigenvalue weighted by Crippen LogP contribution is 2.39. The molecule has 0 radical (unpaired) electrons. The fourth-order valence-electron chi connectivity index (χ4n) is 1.86. The Balaban J connectivity index is 3.25. The third-order valence-corrected chi connectivity index (χ3v) is 2.93. The fraction of sp³-hybridized carbons (Fsp3) is 0.500. The maximum Gasteiger partial charge on any atom is 0.380 e. The van der Waals surface area contributed by atoms with Crippen LogP contribution in [0.25, 0.3) is 0 Å². The summed E-state index contributed by atoms with van der Waals surface area (Å²) in [5.41, 5.74) is -1.16. The van der Waals surface area contributed by atoms with Gasteiger partial charge in [-0.3, -0.25) is 0 Å². The number of esters is 1. The molecular formula is C14H18F2O3. The van der Waals surface area contributed by atoms with Crippen molar-refractivity contribution in [3.63, 3.8) is 0 Å². The van der Waals surface area contributed by atoms with Crippen LogP contribution in [0.15, 0.2) is 18.2 Å². The summed E-state index contributed by atoms with van der Waals surface area (Å²) in [6.07, 6.45) is 0. The number of aliphatic hydroxyl groups is 1. The lowest BCUT2D eigenvalue weighted by Gasteiger charge is -2.31. The fourth-order valence-corrected chi connectivity index (χ4v) is 1.86. The molecule has 0 bridgehead atoms. The SMILES string of the molecule is CCOC(=O)C(F)(F)C(C)(O)c1cc(C)cc(C)c1. The molecule has 1 N–H and O–H groups in total. The largest absolute Gasteiger partial charge is 0.461 e. The molecule has 106 valence electrons. The molecule has 0 aromatic heterocycles. The number of aryl methyl sites for hydroxylation is 2. The van der Waals surface area contributed by atoms with Crippen LogP contribution in [0.5, 0.6) is 0 Å². The Labute approximate surface area is 111 Å². The highest BCUT2D eigenvalue weighted by molar-refractivity contribution is 5.79. The van der Waals surface area contributed by atoms with Crippen LogP contribution in [0.4, 0.5) is 8.78 Å². The Morgan fingerprint density at radius 1 is 1.26 bits per heavy atom. The number of hydrogen-bond donors (Lipinski definition) is 1. The highest BCUT2D eigenvalue weighted by atomic mass is 19.3. The van der Waals surface area contributed by atoms with E-state index in [1.165, 1.54) is 19.1 Å². The van der Waals surface area contributed by atoms with Gasteiger partial charge in [-0.2, -0.15) is 8.78 Å². The smallest absolute Gasteiger partial charge is 0.380 e. The van der Waals surface area contributed by atoms with Crippen molar-refractivity contribution in [2.45, 2.75) is 39.2 Å². The maximum absolute atomic E-state index is 14.0. The number of hydrogen-bond acceptors (Lipinski definition) is 3. The van der Waals surface area contributed by atoms with E-state index in [0.717, 1.165) is 18.1 Å². The molecular weight excluding hydrogens is 254 g/mol. The lowest BCUT2D eigenvalue weighted by molar-refractivity contribution is -0.212. The van der Waals surface area contributed by atoms with E-state index < -0.39 is 17.5 Å². The summed E-state index contributed by atoms with van der Waals surface area (Å²) in [6.45, 7) is 5.64. The number of benzene rings is 1. The van der Waals surface area contributed by atoms with Crippen molar-refractivity contribution < 1.29 is 23.4 Å². The summed E-state index contributed by atoms with van der Waals surface area (Å²) >= 11 is 0. The highest BCUT2D eigenvalue weighted by Gasteiger charge is 2.57. The van der Waals surface area contributed by atoms with Gasteiger partial charge in [-0.05, 0) is 33.3 Å². The van der Waals surface area contributed by atoms with Crippen LogP contribution in [-0.4, -0.2) is 23.6 Å². The molecule has 19 heavy (non-hydrogen) atoms. The first-order chi connectivity index (χ1) is 8.62. The van der Waals surface area contributed by atoms with Crippen LogP contribution in [0.2, 0.25) is 0 Å². The molecule has 1 rings (SSSR count). The molecule has 1 aromatic rings. The Hall–Kier alpha value is -1.49. The molecule has 0 aliphatic carbocycles. The van der Waals surface area contributed by atoms with Crippen LogP contribution < -0.4 is 0 Å². The van der Waals surface area contributed by atoms with E-state index in [4.69, 9.17) is 0 Å². The van der Waals surface area contributed by atoms with Crippen molar-refractivity contribution in [3.05, 3.63) is 34.9 Å². The zero-order chi connectivity index (χ0) is 14.8. The molecule has 0 aliphatic rings. The number of halogens is 2. The van der Waals surface area contributed by atoms with Crippen LogP contribution in [0.3, 0.4) is 0 Å². The second-order valence-corrected chi connectivity index (χ2v) is 4.74. The molecule has 1 aromatic carbocycles. The van der Waals surface area contributed by atoms with E-state index in [1.54, 1.807) is 19.9 Å². The minimum absolute atomic E-state index is 0.0111. The molecule has 5 heteroatoms. The average Bonchev–Trinajstić information content (AvgIpc) is 2.27. The number of alkyl halides is 2. The van der Waals surface area contributed by atoms with Gasteiger partial charge in [0.25, 0.3) is 0 Å². The lowest BCUT2D eigenvalue weighted by Crippen LogP contribution is -2.49. The number of rotatable bonds is 4. The van der Waals surface area contributed by atoms with Crippen molar-refractivity contribution in [2.75, 3.05) is 6.61 Å². The van der Waals surface area contributed by atoms with Crippen molar-refractivity contribution in [1.82, 2.24) is 0 Å². The molecule has 0 saturated carbocycles. The van der Waals surface area contributed by atoms with Gasteiger partial charge in [-0.15, -0.1) is 0 Å². The summed E-state index contributed by atoms with van der Waals surface area (Å²) < 4.78 is 32.3. The molecule has 0 amide bonds. The Morgan fingerprint density at radius 3 is 2.16 bits per heavy atom. The summed E-state index contributed by atoms with van der Waals surface area (Å²) in [6, 6.07) is 4.66. The Bertz CT molecular complexity index is 461. The second-order valence-electron chi connectivity index (χ2n) is 4.74. The van der Waals surface area contributed by atoms with Gasteiger partial charge in [-0.1, -0.05) is 29.3 Å². The quantitative estimate of drug-likeness (QED) is 0.857. The summed E-state index contributed by atoms with van der Waals surface area (Å²) in [5.74, 6) is -5.73. The van der Waals surface area contributed by atoms with E-state index in [-0.39, 0.29) is 12.2 Å². The van der Waals surface area contributed by atoms with Gasteiger partial charge in [0.1, 0.15) is 0 Å². The monoisotopic (exact) mass is 272 g/mol. The molecule has 0 spiro atoms.